The van der Waals surface area contributed by atoms with E-state index in [1.807, 2.05) is 24.3 Å². The molecule has 0 aliphatic carbocycles. The first-order valence-corrected chi connectivity index (χ1v) is 8.98. The third-order valence-electron chi connectivity index (χ3n) is 4.19. The van der Waals surface area contributed by atoms with Crippen LogP contribution in [0.1, 0.15) is 5.56 Å². The quantitative estimate of drug-likeness (QED) is 0.377. The zero-order chi connectivity index (χ0) is 17.2. The molecule has 1 N–H and O–H groups in total. The van der Waals surface area contributed by atoms with Crippen molar-refractivity contribution in [3.05, 3.63) is 88.9 Å². The van der Waals surface area contributed by atoms with Crippen molar-refractivity contribution in [2.75, 3.05) is 5.32 Å². The van der Waals surface area contributed by atoms with Gasteiger partial charge in [0.25, 0.3) is 0 Å². The van der Waals surface area contributed by atoms with Crippen molar-refractivity contribution < 1.29 is 0 Å². The summed E-state index contributed by atoms with van der Waals surface area (Å²) in [7, 11) is 0. The topological polar surface area (TPSA) is 24.9 Å². The summed E-state index contributed by atoms with van der Waals surface area (Å²) in [6, 6.07) is 27.0. The number of nitrogens with one attached hydrogen (secondary N) is 1. The Morgan fingerprint density at radius 2 is 1.54 bits per heavy atom. The normalized spacial score (nSPS) is 10.4. The van der Waals surface area contributed by atoms with Gasteiger partial charge in [0.1, 0.15) is 0 Å². The highest BCUT2D eigenvalue weighted by molar-refractivity contribution is 9.10. The minimum Gasteiger partial charge on any atom is -0.355 e. The summed E-state index contributed by atoms with van der Waals surface area (Å²) in [4.78, 5) is 4.84. The molecule has 4 heteroatoms. The molecule has 0 bridgehead atoms. The molecule has 0 amide bonds. The minimum absolute atomic E-state index is 0. The molecule has 0 radical (unpaired) electrons. The van der Waals surface area contributed by atoms with E-state index < -0.39 is 0 Å². The van der Waals surface area contributed by atoms with E-state index in [0.29, 0.717) is 0 Å². The van der Waals surface area contributed by atoms with Gasteiger partial charge < -0.3 is 5.32 Å². The van der Waals surface area contributed by atoms with Crippen LogP contribution in [0.3, 0.4) is 0 Å². The fourth-order valence-electron chi connectivity index (χ4n) is 2.84. The standard InChI is InChI=1S/C22H17BrN2.ClH/c1-15-6-12-18(13-7-15)24-22-14-21(16-8-10-17(23)11-9-16)25-20-5-3-2-4-19(20)22;/h2-14H,1H3,(H,24,25);1H. The second kappa shape index (κ2) is 7.90. The Kier molecular flexibility index (Phi) is 5.60. The van der Waals surface area contributed by atoms with E-state index in [0.717, 1.165) is 38.0 Å². The lowest BCUT2D eigenvalue weighted by atomic mass is 10.1. The average molecular weight is 426 g/mol. The maximum absolute atomic E-state index is 4.84. The van der Waals surface area contributed by atoms with Gasteiger partial charge in [-0.1, -0.05) is 64.0 Å². The second-order valence-corrected chi connectivity index (χ2v) is 6.99. The van der Waals surface area contributed by atoms with Crippen LogP contribution < -0.4 is 5.32 Å². The summed E-state index contributed by atoms with van der Waals surface area (Å²) in [5.41, 5.74) is 6.43. The summed E-state index contributed by atoms with van der Waals surface area (Å²) >= 11 is 3.49. The summed E-state index contributed by atoms with van der Waals surface area (Å²) < 4.78 is 1.06. The maximum atomic E-state index is 4.84. The van der Waals surface area contributed by atoms with Crippen LogP contribution in [0.15, 0.2) is 83.3 Å². The number of aromatic nitrogens is 1. The van der Waals surface area contributed by atoms with Crippen molar-refractivity contribution in [3.63, 3.8) is 0 Å². The molecule has 3 aromatic carbocycles. The molecule has 0 unspecified atom stereocenters. The van der Waals surface area contributed by atoms with Crippen LogP contribution in [-0.2, 0) is 0 Å². The van der Waals surface area contributed by atoms with Crippen molar-refractivity contribution in [3.8, 4) is 11.3 Å². The highest BCUT2D eigenvalue weighted by atomic mass is 79.9. The zero-order valence-corrected chi connectivity index (χ0v) is 16.6. The number of para-hydroxylation sites is 1. The molecule has 0 saturated heterocycles. The SMILES string of the molecule is Cc1ccc(Nc2cc(-c3ccc(Br)cc3)nc3ccccc23)cc1.Cl. The number of pyridine rings is 1. The van der Waals surface area contributed by atoms with Gasteiger partial charge in [-0.3, -0.25) is 0 Å². The lowest BCUT2D eigenvalue weighted by Crippen LogP contribution is -1.95. The number of halogens is 2. The van der Waals surface area contributed by atoms with Crippen LogP contribution >= 0.6 is 28.3 Å². The molecule has 1 heterocycles. The third-order valence-corrected chi connectivity index (χ3v) is 4.72. The smallest absolute Gasteiger partial charge is 0.0730 e. The monoisotopic (exact) mass is 424 g/mol. The van der Waals surface area contributed by atoms with Crippen LogP contribution in [0.2, 0.25) is 0 Å². The maximum Gasteiger partial charge on any atom is 0.0730 e. The number of hydrogen-bond donors (Lipinski definition) is 1. The number of nitrogens with zero attached hydrogens (tertiary/aromatic N) is 1. The lowest BCUT2D eigenvalue weighted by Gasteiger charge is -2.12. The molecule has 130 valence electrons. The van der Waals surface area contributed by atoms with Crippen LogP contribution in [0.4, 0.5) is 11.4 Å². The Morgan fingerprint density at radius 3 is 2.27 bits per heavy atom. The number of fused-ring (bicyclic) bond motifs is 1. The number of benzene rings is 3. The zero-order valence-electron chi connectivity index (χ0n) is 14.2. The minimum atomic E-state index is 0. The van der Waals surface area contributed by atoms with E-state index in [1.165, 1.54) is 5.56 Å². The highest BCUT2D eigenvalue weighted by Gasteiger charge is 2.08. The van der Waals surface area contributed by atoms with Gasteiger partial charge in [0.2, 0.25) is 0 Å². The molecular weight excluding hydrogens is 408 g/mol. The van der Waals surface area contributed by atoms with E-state index in [1.54, 1.807) is 0 Å². The van der Waals surface area contributed by atoms with Crippen molar-refractivity contribution >= 4 is 50.6 Å². The van der Waals surface area contributed by atoms with E-state index in [9.17, 15) is 0 Å². The molecule has 0 spiro atoms. The van der Waals surface area contributed by atoms with E-state index in [4.69, 9.17) is 4.98 Å². The molecule has 4 rings (SSSR count). The summed E-state index contributed by atoms with van der Waals surface area (Å²) in [5.74, 6) is 0. The van der Waals surface area contributed by atoms with Gasteiger partial charge in [-0.05, 0) is 43.3 Å². The van der Waals surface area contributed by atoms with Crippen molar-refractivity contribution in [1.29, 1.82) is 0 Å². The van der Waals surface area contributed by atoms with Crippen molar-refractivity contribution in [1.82, 2.24) is 4.98 Å². The van der Waals surface area contributed by atoms with Crippen molar-refractivity contribution in [2.24, 2.45) is 0 Å². The molecule has 0 fully saturated rings. The van der Waals surface area contributed by atoms with Gasteiger partial charge in [0.05, 0.1) is 16.9 Å². The average Bonchev–Trinajstić information content (AvgIpc) is 2.64. The Labute approximate surface area is 167 Å². The number of rotatable bonds is 3. The van der Waals surface area contributed by atoms with E-state index in [2.05, 4.69) is 82.8 Å². The molecule has 26 heavy (non-hydrogen) atoms. The molecule has 0 saturated carbocycles. The second-order valence-electron chi connectivity index (χ2n) is 6.07. The molecule has 2 nitrogen and oxygen atoms in total. The van der Waals surface area contributed by atoms with Gasteiger partial charge >= 0.3 is 0 Å². The van der Waals surface area contributed by atoms with E-state index >= 15 is 0 Å². The van der Waals surface area contributed by atoms with Gasteiger partial charge in [-0.25, -0.2) is 4.98 Å². The van der Waals surface area contributed by atoms with Crippen LogP contribution in [0.25, 0.3) is 22.2 Å². The fourth-order valence-corrected chi connectivity index (χ4v) is 3.10. The molecule has 4 aromatic rings. The van der Waals surface area contributed by atoms with Gasteiger partial charge in [-0.15, -0.1) is 12.4 Å². The Bertz CT molecular complexity index is 1030. The molecular formula is C22H18BrClN2. The molecule has 0 aliphatic rings. The Hall–Kier alpha value is -2.36. The summed E-state index contributed by atoms with van der Waals surface area (Å²) in [6.45, 7) is 2.09. The fraction of sp³-hybridized carbons (Fsp3) is 0.0455. The van der Waals surface area contributed by atoms with Crippen LogP contribution in [0.5, 0.6) is 0 Å². The summed E-state index contributed by atoms with van der Waals surface area (Å²) in [6.07, 6.45) is 0. The number of aryl methyl sites for hydroxylation is 1. The van der Waals surface area contributed by atoms with Gasteiger partial charge in [0.15, 0.2) is 0 Å². The largest absolute Gasteiger partial charge is 0.355 e. The number of hydrogen-bond acceptors (Lipinski definition) is 2. The first-order chi connectivity index (χ1) is 12.2. The number of anilines is 2. The molecule has 0 atom stereocenters. The predicted molar refractivity (Wildman–Crippen MR) is 117 cm³/mol. The molecule has 0 aliphatic heterocycles. The predicted octanol–water partition coefficient (Wildman–Crippen LogP) is 7.14. The first-order valence-electron chi connectivity index (χ1n) is 8.18. The summed E-state index contributed by atoms with van der Waals surface area (Å²) in [5, 5.41) is 4.66. The third kappa shape index (κ3) is 3.90. The van der Waals surface area contributed by atoms with Gasteiger partial charge in [-0.2, -0.15) is 0 Å². The Morgan fingerprint density at radius 1 is 0.846 bits per heavy atom. The highest BCUT2D eigenvalue weighted by Crippen LogP contribution is 2.31. The first kappa shape index (κ1) is 18.4. The Balaban J connectivity index is 0.00000196. The molecule has 1 aromatic heterocycles. The lowest BCUT2D eigenvalue weighted by molar-refractivity contribution is 1.39. The van der Waals surface area contributed by atoms with Crippen molar-refractivity contribution in [2.45, 2.75) is 6.92 Å². The van der Waals surface area contributed by atoms with Crippen LogP contribution in [-0.4, -0.2) is 4.98 Å². The van der Waals surface area contributed by atoms with Gasteiger partial charge in [0, 0.05) is 21.1 Å². The van der Waals surface area contributed by atoms with Crippen LogP contribution in [0, 0.1) is 6.92 Å². The van der Waals surface area contributed by atoms with E-state index in [-0.39, 0.29) is 12.4 Å².